The van der Waals surface area contributed by atoms with Crippen LogP contribution in [-0.4, -0.2) is 25.5 Å². The van der Waals surface area contributed by atoms with Gasteiger partial charge in [-0.2, -0.15) is 10.2 Å². The molecule has 0 fully saturated rings. The van der Waals surface area contributed by atoms with Crippen LogP contribution in [-0.2, 0) is 13.6 Å². The molecule has 0 atom stereocenters. The summed E-state index contributed by atoms with van der Waals surface area (Å²) in [7, 11) is 1.79. The molecule has 0 aliphatic carbocycles. The van der Waals surface area contributed by atoms with Gasteiger partial charge in [-0.3, -0.25) is 14.2 Å². The lowest BCUT2D eigenvalue weighted by molar-refractivity contribution is 0.102. The summed E-state index contributed by atoms with van der Waals surface area (Å²) in [6, 6.07) is 5.42. The van der Waals surface area contributed by atoms with E-state index in [2.05, 4.69) is 15.5 Å². The zero-order valence-corrected chi connectivity index (χ0v) is 14.6. The first kappa shape index (κ1) is 16.5. The predicted octanol–water partition coefficient (Wildman–Crippen LogP) is 3.53. The Morgan fingerprint density at radius 1 is 1.21 bits per heavy atom. The minimum Gasteiger partial charge on any atom is -0.319 e. The molecule has 8 heteroatoms. The summed E-state index contributed by atoms with van der Waals surface area (Å²) in [5.41, 5.74) is 2.92. The van der Waals surface area contributed by atoms with Crippen LogP contribution in [0.15, 0.2) is 36.8 Å². The van der Waals surface area contributed by atoms with Gasteiger partial charge >= 0.3 is 0 Å². The molecule has 0 unspecified atom stereocenters. The predicted molar refractivity (Wildman–Crippen MR) is 93.7 cm³/mol. The molecule has 124 valence electrons. The van der Waals surface area contributed by atoms with Gasteiger partial charge in [-0.05, 0) is 24.6 Å². The van der Waals surface area contributed by atoms with Crippen molar-refractivity contribution in [1.82, 2.24) is 19.6 Å². The minimum atomic E-state index is -0.213. The molecule has 1 aromatic carbocycles. The second kappa shape index (κ2) is 6.67. The molecule has 6 nitrogen and oxygen atoms in total. The summed E-state index contributed by atoms with van der Waals surface area (Å²) in [5, 5.41) is 12.1. The highest BCUT2D eigenvalue weighted by Gasteiger charge is 2.13. The normalized spacial score (nSPS) is 10.8. The first-order chi connectivity index (χ1) is 11.4. The van der Waals surface area contributed by atoms with E-state index in [-0.39, 0.29) is 5.91 Å². The van der Waals surface area contributed by atoms with Gasteiger partial charge in [0.2, 0.25) is 0 Å². The second-order valence-electron chi connectivity index (χ2n) is 5.40. The van der Waals surface area contributed by atoms with Gasteiger partial charge in [0.1, 0.15) is 0 Å². The number of rotatable bonds is 4. The van der Waals surface area contributed by atoms with E-state index >= 15 is 0 Å². The quantitative estimate of drug-likeness (QED) is 0.770. The highest BCUT2D eigenvalue weighted by atomic mass is 35.5. The number of anilines is 1. The maximum atomic E-state index is 12.3. The van der Waals surface area contributed by atoms with E-state index in [1.165, 1.54) is 0 Å². The molecule has 0 saturated heterocycles. The van der Waals surface area contributed by atoms with Gasteiger partial charge in [-0.25, -0.2) is 0 Å². The molecule has 0 radical (unpaired) electrons. The van der Waals surface area contributed by atoms with Crippen LogP contribution in [0.1, 0.15) is 21.6 Å². The third-order valence-electron chi connectivity index (χ3n) is 3.70. The number of aryl methyl sites for hydroxylation is 1. The van der Waals surface area contributed by atoms with Crippen LogP contribution in [0, 0.1) is 6.92 Å². The van der Waals surface area contributed by atoms with Crippen molar-refractivity contribution in [3.63, 3.8) is 0 Å². The Morgan fingerprint density at radius 2 is 2.00 bits per heavy atom. The van der Waals surface area contributed by atoms with E-state index in [9.17, 15) is 4.79 Å². The van der Waals surface area contributed by atoms with Crippen molar-refractivity contribution >= 4 is 34.8 Å². The van der Waals surface area contributed by atoms with Crippen LogP contribution in [0.2, 0.25) is 10.0 Å². The summed E-state index contributed by atoms with van der Waals surface area (Å²) in [4.78, 5) is 12.3. The Hall–Kier alpha value is -2.31. The van der Waals surface area contributed by atoms with E-state index in [1.807, 2.05) is 13.0 Å². The number of nitrogens with zero attached hydrogens (tertiary/aromatic N) is 4. The number of halogens is 2. The number of carbonyl (C=O) groups is 1. The monoisotopic (exact) mass is 363 g/mol. The number of carbonyl (C=O) groups excluding carboxylic acids is 1. The molecular formula is C16H15Cl2N5O. The van der Waals surface area contributed by atoms with Crippen LogP contribution < -0.4 is 5.32 Å². The van der Waals surface area contributed by atoms with Crippen molar-refractivity contribution < 1.29 is 4.79 Å². The van der Waals surface area contributed by atoms with Crippen molar-refractivity contribution in [2.24, 2.45) is 7.05 Å². The average molecular weight is 364 g/mol. The van der Waals surface area contributed by atoms with Gasteiger partial charge in [0, 0.05) is 18.9 Å². The maximum Gasteiger partial charge on any atom is 0.259 e. The van der Waals surface area contributed by atoms with Gasteiger partial charge in [0.15, 0.2) is 0 Å². The zero-order chi connectivity index (χ0) is 17.3. The molecule has 0 bridgehead atoms. The maximum absolute atomic E-state index is 12.3. The van der Waals surface area contributed by atoms with E-state index in [0.717, 1.165) is 11.3 Å². The lowest BCUT2D eigenvalue weighted by atomic mass is 10.2. The number of hydrogen-bond donors (Lipinski definition) is 1. The molecule has 2 aromatic heterocycles. The largest absolute Gasteiger partial charge is 0.319 e. The number of hydrogen-bond acceptors (Lipinski definition) is 3. The first-order valence-corrected chi connectivity index (χ1v) is 7.96. The molecular weight excluding hydrogens is 349 g/mol. The van der Waals surface area contributed by atoms with Gasteiger partial charge < -0.3 is 5.32 Å². The van der Waals surface area contributed by atoms with Crippen molar-refractivity contribution in [2.45, 2.75) is 13.5 Å². The van der Waals surface area contributed by atoms with Crippen molar-refractivity contribution in [3.8, 4) is 0 Å². The summed E-state index contributed by atoms with van der Waals surface area (Å²) in [6.07, 6.45) is 4.90. The smallest absolute Gasteiger partial charge is 0.259 e. The minimum absolute atomic E-state index is 0.213. The Balaban J connectivity index is 1.70. The molecule has 0 saturated carbocycles. The molecule has 0 spiro atoms. The van der Waals surface area contributed by atoms with E-state index in [1.54, 1.807) is 47.1 Å². The van der Waals surface area contributed by atoms with Crippen LogP contribution in [0.25, 0.3) is 0 Å². The molecule has 24 heavy (non-hydrogen) atoms. The summed E-state index contributed by atoms with van der Waals surface area (Å²) in [5.74, 6) is -0.213. The summed E-state index contributed by atoms with van der Waals surface area (Å²) < 4.78 is 3.37. The van der Waals surface area contributed by atoms with Gasteiger partial charge in [-0.1, -0.05) is 29.3 Å². The van der Waals surface area contributed by atoms with Crippen LogP contribution in [0.4, 0.5) is 5.69 Å². The van der Waals surface area contributed by atoms with Crippen LogP contribution >= 0.6 is 23.2 Å². The fraction of sp³-hybridized carbons (Fsp3) is 0.188. The highest BCUT2D eigenvalue weighted by Crippen LogP contribution is 2.23. The SMILES string of the molecule is Cc1c(C(=O)Nc2cnn(Cc3ccc(Cl)c(Cl)c3)c2)cnn1C. The standard InChI is InChI=1S/C16H15Cl2N5O/c1-10-13(7-19-22(10)2)16(24)21-12-6-20-23(9-12)8-11-3-4-14(17)15(18)5-11/h3-7,9H,8H2,1-2H3,(H,21,24). The fourth-order valence-corrected chi connectivity index (χ4v) is 2.58. The lowest BCUT2D eigenvalue weighted by Crippen LogP contribution is -2.12. The molecule has 2 heterocycles. The zero-order valence-electron chi connectivity index (χ0n) is 13.1. The number of aromatic nitrogens is 4. The molecule has 1 amide bonds. The van der Waals surface area contributed by atoms with Gasteiger partial charge in [-0.15, -0.1) is 0 Å². The Morgan fingerprint density at radius 3 is 2.67 bits per heavy atom. The number of benzene rings is 1. The molecule has 3 aromatic rings. The highest BCUT2D eigenvalue weighted by molar-refractivity contribution is 6.42. The van der Waals surface area contributed by atoms with Gasteiger partial charge in [0.05, 0.1) is 40.2 Å². The van der Waals surface area contributed by atoms with E-state index < -0.39 is 0 Å². The molecule has 1 N–H and O–H groups in total. The van der Waals surface area contributed by atoms with E-state index in [4.69, 9.17) is 23.2 Å². The Bertz CT molecular complexity index is 900. The molecule has 3 rings (SSSR count). The Kier molecular flexibility index (Phi) is 4.59. The Labute approximate surface area is 149 Å². The third-order valence-corrected chi connectivity index (χ3v) is 4.44. The molecule has 0 aliphatic rings. The topological polar surface area (TPSA) is 64.7 Å². The van der Waals surface area contributed by atoms with Crippen molar-refractivity contribution in [1.29, 1.82) is 0 Å². The van der Waals surface area contributed by atoms with E-state index in [0.29, 0.717) is 27.8 Å². The van der Waals surface area contributed by atoms with Crippen molar-refractivity contribution in [3.05, 3.63) is 63.7 Å². The average Bonchev–Trinajstić information content (AvgIpc) is 3.11. The first-order valence-electron chi connectivity index (χ1n) is 7.20. The third kappa shape index (κ3) is 3.44. The number of nitrogens with one attached hydrogen (secondary N) is 1. The summed E-state index contributed by atoms with van der Waals surface area (Å²) >= 11 is 11.9. The molecule has 0 aliphatic heterocycles. The lowest BCUT2D eigenvalue weighted by Gasteiger charge is -2.04. The number of amides is 1. The summed E-state index contributed by atoms with van der Waals surface area (Å²) in [6.45, 7) is 2.37. The van der Waals surface area contributed by atoms with Crippen LogP contribution in [0.3, 0.4) is 0 Å². The van der Waals surface area contributed by atoms with Crippen LogP contribution in [0.5, 0.6) is 0 Å². The fourth-order valence-electron chi connectivity index (χ4n) is 2.26. The second-order valence-corrected chi connectivity index (χ2v) is 6.21. The van der Waals surface area contributed by atoms with Crippen molar-refractivity contribution in [2.75, 3.05) is 5.32 Å². The van der Waals surface area contributed by atoms with Gasteiger partial charge in [0.25, 0.3) is 5.91 Å².